The fourth-order valence-corrected chi connectivity index (χ4v) is 0.868. The van der Waals surface area contributed by atoms with Crippen molar-refractivity contribution in [3.05, 3.63) is 18.2 Å². The van der Waals surface area contributed by atoms with E-state index in [1.165, 1.54) is 7.11 Å². The third-order valence-corrected chi connectivity index (χ3v) is 1.50. The van der Waals surface area contributed by atoms with E-state index in [0.717, 1.165) is 5.69 Å². The Bertz CT molecular complexity index is 251. The lowest BCUT2D eigenvalue weighted by atomic mass is 10.2. The number of nitrogens with two attached hydrogens (primary N) is 1. The molecule has 0 fully saturated rings. The fraction of sp³-hybridized carbons (Fsp3) is 0.500. The van der Waals surface area contributed by atoms with Gasteiger partial charge in [0.15, 0.2) is 0 Å². The van der Waals surface area contributed by atoms with Crippen LogP contribution in [0.1, 0.15) is 13.1 Å². The van der Waals surface area contributed by atoms with Crippen molar-refractivity contribution in [2.45, 2.75) is 19.9 Å². The maximum Gasteiger partial charge on any atom is 0.323 e. The van der Waals surface area contributed by atoms with Crippen LogP contribution in [0.25, 0.3) is 0 Å². The molecule has 82 valence electrons. The summed E-state index contributed by atoms with van der Waals surface area (Å²) in [6.07, 6.45) is 3.59. The molecule has 1 aromatic rings. The minimum absolute atomic E-state index is 0. The second-order valence-corrected chi connectivity index (χ2v) is 2.41. The minimum Gasteiger partial charge on any atom is -0.468 e. The molecule has 0 saturated heterocycles. The predicted molar refractivity (Wildman–Crippen MR) is 59.4 cm³/mol. The van der Waals surface area contributed by atoms with Crippen molar-refractivity contribution < 1.29 is 9.53 Å². The summed E-state index contributed by atoms with van der Waals surface area (Å²) < 4.78 is 4.46. The normalized spacial score (nSPS) is 10.7. The molecule has 14 heavy (non-hydrogen) atoms. The number of carbonyl (C=O) groups is 1. The number of nitrogens with zero attached hydrogens (tertiary/aromatic N) is 1. The summed E-state index contributed by atoms with van der Waals surface area (Å²) in [5.74, 6) is -0.412. The van der Waals surface area contributed by atoms with E-state index in [2.05, 4.69) is 14.7 Å². The highest BCUT2D eigenvalue weighted by atomic mass is 32.1. The molecule has 0 aliphatic carbocycles. The van der Waals surface area contributed by atoms with E-state index in [0.29, 0.717) is 6.42 Å². The number of methoxy groups -OCH3 is 1. The highest BCUT2D eigenvalue weighted by molar-refractivity contribution is 7.59. The average Bonchev–Trinajstić information content (AvgIpc) is 2.55. The molecule has 0 saturated carbocycles. The molecule has 1 atom stereocenters. The first kappa shape index (κ1) is 15.5. The van der Waals surface area contributed by atoms with Crippen LogP contribution in [0.5, 0.6) is 0 Å². The molecule has 0 amide bonds. The second-order valence-electron chi connectivity index (χ2n) is 2.41. The standard InChI is InChI=1S/C7H11N3O2.CH4.H2S/c1-12-7(11)6(8)2-5-3-9-4-10-5;;/h3-4,6H,2,8H2,1H3,(H,9,10);1H4;1H2/t6-;;/m0../s1. The van der Waals surface area contributed by atoms with E-state index in [4.69, 9.17) is 5.73 Å². The van der Waals surface area contributed by atoms with Gasteiger partial charge in [-0.05, 0) is 0 Å². The van der Waals surface area contributed by atoms with Crippen molar-refractivity contribution >= 4 is 19.5 Å². The molecule has 5 nitrogen and oxygen atoms in total. The lowest BCUT2D eigenvalue weighted by molar-refractivity contribution is -0.142. The first-order chi connectivity index (χ1) is 5.74. The predicted octanol–water partition coefficient (Wildman–Crippen LogP) is 0.201. The third-order valence-electron chi connectivity index (χ3n) is 1.50. The van der Waals surface area contributed by atoms with E-state index in [-0.39, 0.29) is 20.9 Å². The number of aromatic amines is 1. The van der Waals surface area contributed by atoms with Crippen LogP contribution >= 0.6 is 13.5 Å². The molecule has 0 aromatic carbocycles. The Kier molecular flexibility index (Phi) is 8.17. The van der Waals surface area contributed by atoms with Crippen molar-refractivity contribution in [2.75, 3.05) is 7.11 Å². The lowest BCUT2D eigenvalue weighted by Gasteiger charge is -2.06. The van der Waals surface area contributed by atoms with Crippen molar-refractivity contribution in [3.63, 3.8) is 0 Å². The van der Waals surface area contributed by atoms with Gasteiger partial charge in [0.2, 0.25) is 0 Å². The summed E-state index contributed by atoms with van der Waals surface area (Å²) in [7, 11) is 1.31. The summed E-state index contributed by atoms with van der Waals surface area (Å²) in [5.41, 5.74) is 6.32. The van der Waals surface area contributed by atoms with Gasteiger partial charge in [-0.15, -0.1) is 0 Å². The Hall–Kier alpha value is -1.01. The van der Waals surface area contributed by atoms with Crippen LogP contribution in [0, 0.1) is 0 Å². The van der Waals surface area contributed by atoms with Crippen LogP contribution < -0.4 is 5.73 Å². The Balaban J connectivity index is 0. The molecule has 0 bridgehead atoms. The number of nitrogens with one attached hydrogen (secondary N) is 1. The third kappa shape index (κ3) is 4.29. The number of hydrogen-bond acceptors (Lipinski definition) is 4. The molecular formula is C8H17N3O2S. The summed E-state index contributed by atoms with van der Waals surface area (Å²) in [6, 6.07) is -0.615. The largest absolute Gasteiger partial charge is 0.468 e. The Labute approximate surface area is 90.5 Å². The van der Waals surface area contributed by atoms with E-state index >= 15 is 0 Å². The first-order valence-corrected chi connectivity index (χ1v) is 3.54. The van der Waals surface area contributed by atoms with E-state index in [1.807, 2.05) is 0 Å². The van der Waals surface area contributed by atoms with Gasteiger partial charge in [0.05, 0.1) is 13.4 Å². The van der Waals surface area contributed by atoms with Crippen LogP contribution in [-0.4, -0.2) is 29.1 Å². The van der Waals surface area contributed by atoms with Gasteiger partial charge in [-0.1, -0.05) is 7.43 Å². The number of rotatable bonds is 3. The number of esters is 1. The quantitative estimate of drug-likeness (QED) is 0.712. The molecule has 0 aliphatic rings. The molecular weight excluding hydrogens is 202 g/mol. The van der Waals surface area contributed by atoms with E-state index in [9.17, 15) is 4.79 Å². The zero-order valence-corrected chi connectivity index (χ0v) is 8.28. The average molecular weight is 219 g/mol. The smallest absolute Gasteiger partial charge is 0.323 e. The molecule has 0 spiro atoms. The monoisotopic (exact) mass is 219 g/mol. The van der Waals surface area contributed by atoms with Crippen LogP contribution in [0.4, 0.5) is 0 Å². The van der Waals surface area contributed by atoms with Gasteiger partial charge < -0.3 is 15.5 Å². The summed E-state index contributed by atoms with van der Waals surface area (Å²) in [6.45, 7) is 0. The van der Waals surface area contributed by atoms with Gasteiger partial charge in [0.25, 0.3) is 0 Å². The maximum atomic E-state index is 10.9. The number of H-pyrrole nitrogens is 1. The maximum absolute atomic E-state index is 10.9. The molecule has 1 rings (SSSR count). The molecule has 1 heterocycles. The summed E-state index contributed by atoms with van der Waals surface area (Å²) >= 11 is 0. The Morgan fingerprint density at radius 3 is 2.86 bits per heavy atom. The van der Waals surface area contributed by atoms with Crippen LogP contribution in [0.3, 0.4) is 0 Å². The number of imidazole rings is 1. The highest BCUT2D eigenvalue weighted by Crippen LogP contribution is 1.96. The number of carbonyl (C=O) groups excluding carboxylic acids is 1. The van der Waals surface area contributed by atoms with Crippen LogP contribution in [0.2, 0.25) is 0 Å². The van der Waals surface area contributed by atoms with Crippen molar-refractivity contribution in [3.8, 4) is 0 Å². The zero-order valence-electron chi connectivity index (χ0n) is 7.28. The van der Waals surface area contributed by atoms with Gasteiger partial charge in [0.1, 0.15) is 6.04 Å². The molecule has 0 radical (unpaired) electrons. The van der Waals surface area contributed by atoms with Crippen LogP contribution in [0.15, 0.2) is 12.5 Å². The van der Waals surface area contributed by atoms with Gasteiger partial charge in [0, 0.05) is 18.3 Å². The van der Waals surface area contributed by atoms with E-state index in [1.54, 1.807) is 12.5 Å². The van der Waals surface area contributed by atoms with Gasteiger partial charge >= 0.3 is 5.97 Å². The first-order valence-electron chi connectivity index (χ1n) is 3.54. The molecule has 0 unspecified atom stereocenters. The minimum atomic E-state index is -0.615. The Morgan fingerprint density at radius 1 is 1.79 bits per heavy atom. The summed E-state index contributed by atoms with van der Waals surface area (Å²) in [5, 5.41) is 0. The number of hydrogen-bond donors (Lipinski definition) is 2. The SMILES string of the molecule is C.COC(=O)[C@@H](N)Cc1cnc[nH]1.S. The zero-order chi connectivity index (χ0) is 8.97. The van der Waals surface area contributed by atoms with Gasteiger partial charge in [-0.2, -0.15) is 13.5 Å². The van der Waals surface area contributed by atoms with Crippen molar-refractivity contribution in [1.82, 2.24) is 9.97 Å². The molecule has 6 heteroatoms. The number of ether oxygens (including phenoxy) is 1. The van der Waals surface area contributed by atoms with Gasteiger partial charge in [-0.3, -0.25) is 4.79 Å². The highest BCUT2D eigenvalue weighted by Gasteiger charge is 2.14. The Morgan fingerprint density at radius 2 is 2.43 bits per heavy atom. The van der Waals surface area contributed by atoms with Gasteiger partial charge in [-0.25, -0.2) is 4.98 Å². The molecule has 1 aromatic heterocycles. The van der Waals surface area contributed by atoms with Crippen molar-refractivity contribution in [2.24, 2.45) is 5.73 Å². The van der Waals surface area contributed by atoms with Crippen LogP contribution in [-0.2, 0) is 16.0 Å². The fourth-order valence-electron chi connectivity index (χ4n) is 0.868. The molecule has 0 aliphatic heterocycles. The summed E-state index contributed by atoms with van der Waals surface area (Å²) in [4.78, 5) is 17.5. The van der Waals surface area contributed by atoms with E-state index < -0.39 is 12.0 Å². The lowest BCUT2D eigenvalue weighted by Crippen LogP contribution is -2.33. The number of aromatic nitrogens is 2. The second kappa shape index (κ2) is 7.40. The van der Waals surface area contributed by atoms with Crippen molar-refractivity contribution in [1.29, 1.82) is 0 Å². The topological polar surface area (TPSA) is 81.0 Å². The molecule has 3 N–H and O–H groups in total.